The molecule has 0 radical (unpaired) electrons. The summed E-state index contributed by atoms with van der Waals surface area (Å²) in [7, 11) is 1.62. The van der Waals surface area contributed by atoms with Gasteiger partial charge < -0.3 is 15.2 Å². The van der Waals surface area contributed by atoms with Crippen molar-refractivity contribution in [3.8, 4) is 16.9 Å². The number of methoxy groups -OCH3 is 1. The van der Waals surface area contributed by atoms with Crippen LogP contribution in [0.15, 0.2) is 48.5 Å². The molecule has 2 aromatic carbocycles. The fourth-order valence-corrected chi connectivity index (χ4v) is 2.50. The highest BCUT2D eigenvalue weighted by Crippen LogP contribution is 2.30. The Bertz CT molecular complexity index is 640. The molecule has 0 spiro atoms. The second kappa shape index (κ2) is 8.34. The number of carbonyl (C=O) groups is 1. The smallest absolute Gasteiger partial charge is 0.251 e. The van der Waals surface area contributed by atoms with Crippen molar-refractivity contribution in [2.45, 2.75) is 25.8 Å². The molecule has 0 aliphatic carbocycles. The molecule has 1 amide bonds. The first-order chi connectivity index (χ1) is 11.2. The van der Waals surface area contributed by atoms with Gasteiger partial charge in [-0.2, -0.15) is 0 Å². The molecule has 0 saturated heterocycles. The first-order valence-corrected chi connectivity index (χ1v) is 7.84. The minimum atomic E-state index is -0.134. The lowest BCUT2D eigenvalue weighted by Crippen LogP contribution is -2.35. The van der Waals surface area contributed by atoms with Gasteiger partial charge in [0.25, 0.3) is 5.91 Å². The van der Waals surface area contributed by atoms with E-state index in [0.717, 1.165) is 23.3 Å². The number of aliphatic hydroxyl groups excluding tert-OH is 1. The van der Waals surface area contributed by atoms with Crippen molar-refractivity contribution < 1.29 is 14.6 Å². The largest absolute Gasteiger partial charge is 0.496 e. The van der Waals surface area contributed by atoms with Crippen LogP contribution in [0.25, 0.3) is 11.1 Å². The Morgan fingerprint density at radius 1 is 1.22 bits per heavy atom. The van der Waals surface area contributed by atoms with Crippen LogP contribution in [-0.2, 0) is 0 Å². The highest BCUT2D eigenvalue weighted by molar-refractivity contribution is 5.96. The van der Waals surface area contributed by atoms with E-state index in [1.54, 1.807) is 13.2 Å². The van der Waals surface area contributed by atoms with Gasteiger partial charge in [0.1, 0.15) is 5.75 Å². The Labute approximate surface area is 137 Å². The lowest BCUT2D eigenvalue weighted by molar-refractivity contribution is 0.0929. The average Bonchev–Trinajstić information content (AvgIpc) is 2.61. The molecule has 4 nitrogen and oxygen atoms in total. The van der Waals surface area contributed by atoms with Crippen LogP contribution in [0.4, 0.5) is 0 Å². The molecule has 0 aliphatic rings. The van der Waals surface area contributed by atoms with E-state index < -0.39 is 0 Å². The summed E-state index contributed by atoms with van der Waals surface area (Å²) in [5.74, 6) is 0.597. The monoisotopic (exact) mass is 313 g/mol. The predicted octanol–water partition coefficient (Wildman–Crippen LogP) is 3.25. The Hall–Kier alpha value is -2.33. The van der Waals surface area contributed by atoms with Crippen molar-refractivity contribution >= 4 is 5.91 Å². The van der Waals surface area contributed by atoms with Crippen LogP contribution in [0.5, 0.6) is 5.75 Å². The van der Waals surface area contributed by atoms with E-state index in [1.807, 2.05) is 49.4 Å². The SMILES string of the molecule is CCC(CCO)NC(=O)c1ccc(OC)c(-c2ccccc2)c1. The summed E-state index contributed by atoms with van der Waals surface area (Å²) >= 11 is 0. The molecule has 122 valence electrons. The summed E-state index contributed by atoms with van der Waals surface area (Å²) in [5, 5.41) is 12.0. The zero-order chi connectivity index (χ0) is 16.7. The second-order valence-corrected chi connectivity index (χ2v) is 5.37. The first-order valence-electron chi connectivity index (χ1n) is 7.84. The number of benzene rings is 2. The Kier molecular flexibility index (Phi) is 6.18. The molecule has 2 rings (SSSR count). The van der Waals surface area contributed by atoms with E-state index in [4.69, 9.17) is 9.84 Å². The van der Waals surface area contributed by atoms with Crippen molar-refractivity contribution in [3.05, 3.63) is 54.1 Å². The molecular formula is C19H23NO3. The van der Waals surface area contributed by atoms with E-state index in [9.17, 15) is 4.79 Å². The van der Waals surface area contributed by atoms with E-state index in [1.165, 1.54) is 0 Å². The van der Waals surface area contributed by atoms with E-state index in [-0.39, 0.29) is 18.6 Å². The summed E-state index contributed by atoms with van der Waals surface area (Å²) in [6.45, 7) is 2.06. The molecular weight excluding hydrogens is 290 g/mol. The van der Waals surface area contributed by atoms with Crippen molar-refractivity contribution in [2.24, 2.45) is 0 Å². The van der Waals surface area contributed by atoms with Gasteiger partial charge in [0, 0.05) is 23.8 Å². The van der Waals surface area contributed by atoms with Crippen LogP contribution in [0.3, 0.4) is 0 Å². The van der Waals surface area contributed by atoms with Crippen LogP contribution < -0.4 is 10.1 Å². The van der Waals surface area contributed by atoms with Crippen LogP contribution in [0, 0.1) is 0 Å². The van der Waals surface area contributed by atoms with Gasteiger partial charge in [-0.25, -0.2) is 0 Å². The van der Waals surface area contributed by atoms with Crippen LogP contribution >= 0.6 is 0 Å². The molecule has 2 aromatic rings. The standard InChI is InChI=1S/C19H23NO3/c1-3-16(11-12-21)20-19(22)15-9-10-18(23-2)17(13-15)14-7-5-4-6-8-14/h4-10,13,16,21H,3,11-12H2,1-2H3,(H,20,22). The number of ether oxygens (including phenoxy) is 1. The number of nitrogens with one attached hydrogen (secondary N) is 1. The zero-order valence-corrected chi connectivity index (χ0v) is 13.6. The normalized spacial score (nSPS) is 11.8. The highest BCUT2D eigenvalue weighted by Gasteiger charge is 2.14. The van der Waals surface area contributed by atoms with Crippen molar-refractivity contribution in [1.29, 1.82) is 0 Å². The van der Waals surface area contributed by atoms with Gasteiger partial charge in [-0.3, -0.25) is 4.79 Å². The number of aliphatic hydroxyl groups is 1. The van der Waals surface area contributed by atoms with Crippen LogP contribution in [0.2, 0.25) is 0 Å². The van der Waals surface area contributed by atoms with Crippen LogP contribution in [-0.4, -0.2) is 30.8 Å². The molecule has 0 heterocycles. The molecule has 0 aliphatic heterocycles. The van der Waals surface area contributed by atoms with Crippen LogP contribution in [0.1, 0.15) is 30.1 Å². The number of rotatable bonds is 7. The Morgan fingerprint density at radius 3 is 2.57 bits per heavy atom. The van der Waals surface area contributed by atoms with Gasteiger partial charge in [0.2, 0.25) is 0 Å². The molecule has 2 N–H and O–H groups in total. The first kappa shape index (κ1) is 17.0. The van der Waals surface area contributed by atoms with Gasteiger partial charge in [0.15, 0.2) is 0 Å². The minimum absolute atomic E-state index is 0.0187. The van der Waals surface area contributed by atoms with Crippen molar-refractivity contribution in [2.75, 3.05) is 13.7 Å². The summed E-state index contributed by atoms with van der Waals surface area (Å²) in [4.78, 5) is 12.4. The summed E-state index contributed by atoms with van der Waals surface area (Å²) < 4.78 is 5.41. The van der Waals surface area contributed by atoms with Crippen molar-refractivity contribution in [1.82, 2.24) is 5.32 Å². The van der Waals surface area contributed by atoms with E-state index >= 15 is 0 Å². The summed E-state index contributed by atoms with van der Waals surface area (Å²) in [5.41, 5.74) is 2.47. The fraction of sp³-hybridized carbons (Fsp3) is 0.316. The topological polar surface area (TPSA) is 58.6 Å². The molecule has 0 fully saturated rings. The molecule has 0 saturated carbocycles. The second-order valence-electron chi connectivity index (χ2n) is 5.37. The van der Waals surface area contributed by atoms with Gasteiger partial charge in [-0.15, -0.1) is 0 Å². The quantitative estimate of drug-likeness (QED) is 0.825. The van der Waals surface area contributed by atoms with Crippen molar-refractivity contribution in [3.63, 3.8) is 0 Å². The lowest BCUT2D eigenvalue weighted by atomic mass is 10.0. The van der Waals surface area contributed by atoms with Gasteiger partial charge in [-0.1, -0.05) is 37.3 Å². The minimum Gasteiger partial charge on any atom is -0.496 e. The lowest BCUT2D eigenvalue weighted by Gasteiger charge is -2.17. The maximum absolute atomic E-state index is 12.4. The molecule has 1 unspecified atom stereocenters. The molecule has 0 bridgehead atoms. The number of amides is 1. The number of carbonyl (C=O) groups excluding carboxylic acids is 1. The van der Waals surface area contributed by atoms with Gasteiger partial charge in [-0.05, 0) is 36.6 Å². The van der Waals surface area contributed by atoms with Gasteiger partial charge in [0.05, 0.1) is 7.11 Å². The third-order valence-corrected chi connectivity index (χ3v) is 3.85. The molecule has 23 heavy (non-hydrogen) atoms. The third-order valence-electron chi connectivity index (χ3n) is 3.85. The number of hydrogen-bond donors (Lipinski definition) is 2. The Morgan fingerprint density at radius 2 is 1.96 bits per heavy atom. The summed E-state index contributed by atoms with van der Waals surface area (Å²) in [6, 6.07) is 15.2. The fourth-order valence-electron chi connectivity index (χ4n) is 2.50. The number of hydrogen-bond acceptors (Lipinski definition) is 3. The molecule has 0 aromatic heterocycles. The third kappa shape index (κ3) is 4.33. The maximum atomic E-state index is 12.4. The molecule has 4 heteroatoms. The van der Waals surface area contributed by atoms with Gasteiger partial charge >= 0.3 is 0 Å². The van der Waals surface area contributed by atoms with E-state index in [0.29, 0.717) is 12.0 Å². The summed E-state index contributed by atoms with van der Waals surface area (Å²) in [6.07, 6.45) is 1.35. The highest BCUT2D eigenvalue weighted by atomic mass is 16.5. The zero-order valence-electron chi connectivity index (χ0n) is 13.6. The predicted molar refractivity (Wildman–Crippen MR) is 91.7 cm³/mol. The average molecular weight is 313 g/mol. The van der Waals surface area contributed by atoms with E-state index in [2.05, 4.69) is 5.32 Å². The molecule has 1 atom stereocenters. The Balaban J connectivity index is 2.29. The maximum Gasteiger partial charge on any atom is 0.251 e.